The van der Waals surface area contributed by atoms with Crippen LogP contribution in [0.1, 0.15) is 42.7 Å². The zero-order valence-corrected chi connectivity index (χ0v) is 15.1. The number of nitrogens with one attached hydrogen (secondary N) is 1. The van der Waals surface area contributed by atoms with Crippen molar-refractivity contribution in [3.05, 3.63) is 23.5 Å². The van der Waals surface area contributed by atoms with Crippen molar-refractivity contribution >= 4 is 29.4 Å². The first-order chi connectivity index (χ1) is 11.2. The normalized spacial score (nSPS) is 15.5. The van der Waals surface area contributed by atoms with Gasteiger partial charge >= 0.3 is 0 Å². The van der Waals surface area contributed by atoms with Crippen molar-refractivity contribution < 1.29 is 9.32 Å². The van der Waals surface area contributed by atoms with Crippen molar-refractivity contribution in [2.24, 2.45) is 5.92 Å². The van der Waals surface area contributed by atoms with Gasteiger partial charge in [-0.2, -0.15) is 0 Å². The number of rotatable bonds is 5. The number of carbonyl (C=O) groups excluding carboxylic acids is 1. The lowest BCUT2D eigenvalue weighted by molar-refractivity contribution is 0.0690. The molecular weight excluding hydrogens is 328 g/mol. The van der Waals surface area contributed by atoms with Crippen LogP contribution in [0.25, 0.3) is 11.1 Å². The quantitative estimate of drug-likeness (QED) is 0.895. The number of carbonyl (C=O) groups is 1. The molecule has 0 radical (unpaired) electrons. The average Bonchev–Trinajstić information content (AvgIpc) is 3.02. The van der Waals surface area contributed by atoms with Crippen molar-refractivity contribution in [1.82, 2.24) is 20.4 Å². The van der Waals surface area contributed by atoms with Crippen molar-refractivity contribution in [2.75, 3.05) is 26.2 Å². The van der Waals surface area contributed by atoms with E-state index in [4.69, 9.17) is 4.52 Å². The number of piperidine rings is 1. The lowest BCUT2D eigenvalue weighted by Crippen LogP contribution is -2.40. The van der Waals surface area contributed by atoms with Crippen LogP contribution in [-0.4, -0.2) is 47.1 Å². The zero-order valence-electron chi connectivity index (χ0n) is 14.2. The summed E-state index contributed by atoms with van der Waals surface area (Å²) in [5.74, 6) is 0.730. The molecule has 1 aliphatic rings. The fraction of sp³-hybridized carbons (Fsp3) is 0.588. The topological polar surface area (TPSA) is 71.3 Å². The fourth-order valence-corrected chi connectivity index (χ4v) is 3.12. The summed E-state index contributed by atoms with van der Waals surface area (Å²) in [6.07, 6.45) is 4.48. The van der Waals surface area contributed by atoms with Gasteiger partial charge in [0.15, 0.2) is 0 Å². The number of aryl methyl sites for hydroxylation is 1. The number of aromatic nitrogens is 2. The molecule has 2 aromatic rings. The van der Waals surface area contributed by atoms with E-state index in [-0.39, 0.29) is 18.3 Å². The molecular formula is C17H25ClN4O2. The highest BCUT2D eigenvalue weighted by molar-refractivity contribution is 5.97. The van der Waals surface area contributed by atoms with Crippen LogP contribution in [0.5, 0.6) is 0 Å². The van der Waals surface area contributed by atoms with Crippen molar-refractivity contribution in [2.45, 2.75) is 33.1 Å². The maximum absolute atomic E-state index is 12.7. The van der Waals surface area contributed by atoms with Gasteiger partial charge in [0.25, 0.3) is 11.6 Å². The Bertz CT molecular complexity index is 680. The van der Waals surface area contributed by atoms with Gasteiger partial charge in [0, 0.05) is 19.3 Å². The summed E-state index contributed by atoms with van der Waals surface area (Å²) in [6.45, 7) is 7.82. The van der Waals surface area contributed by atoms with Crippen LogP contribution in [0.15, 0.2) is 16.8 Å². The Hall–Kier alpha value is -1.66. The van der Waals surface area contributed by atoms with Gasteiger partial charge in [-0.05, 0) is 44.3 Å². The molecule has 0 spiro atoms. The van der Waals surface area contributed by atoms with Crippen molar-refractivity contribution in [3.63, 3.8) is 0 Å². The second-order valence-electron chi connectivity index (χ2n) is 6.10. The summed E-state index contributed by atoms with van der Waals surface area (Å²) in [6, 6.07) is 1.87. The fourth-order valence-electron chi connectivity index (χ4n) is 3.12. The minimum absolute atomic E-state index is 0. The Morgan fingerprint density at radius 1 is 1.38 bits per heavy atom. The number of likely N-dealkylation sites (tertiary alicyclic amines) is 1. The number of nitrogens with zero attached hydrogens (tertiary/aromatic N) is 3. The summed E-state index contributed by atoms with van der Waals surface area (Å²) in [5.41, 5.74) is 1.98. The van der Waals surface area contributed by atoms with E-state index in [0.717, 1.165) is 56.5 Å². The number of hydrogen-bond donors (Lipinski definition) is 1. The van der Waals surface area contributed by atoms with Crippen LogP contribution >= 0.6 is 12.4 Å². The Morgan fingerprint density at radius 3 is 2.79 bits per heavy atom. The number of fused-ring (bicyclic) bond motifs is 1. The Labute approximate surface area is 148 Å². The monoisotopic (exact) mass is 352 g/mol. The molecule has 1 N–H and O–H groups in total. The molecule has 0 unspecified atom stereocenters. The predicted molar refractivity (Wildman–Crippen MR) is 95.6 cm³/mol. The van der Waals surface area contributed by atoms with Gasteiger partial charge in [-0.15, -0.1) is 12.4 Å². The highest BCUT2D eigenvalue weighted by atomic mass is 35.5. The number of amides is 1. The molecule has 1 fully saturated rings. The summed E-state index contributed by atoms with van der Waals surface area (Å²) in [4.78, 5) is 18.9. The minimum atomic E-state index is 0. The molecule has 0 saturated carbocycles. The highest BCUT2D eigenvalue weighted by Gasteiger charge is 2.24. The van der Waals surface area contributed by atoms with E-state index in [1.807, 2.05) is 17.9 Å². The van der Waals surface area contributed by atoms with E-state index in [0.29, 0.717) is 17.2 Å². The molecule has 3 rings (SSSR count). The van der Waals surface area contributed by atoms with Crippen molar-refractivity contribution in [3.8, 4) is 0 Å². The highest BCUT2D eigenvalue weighted by Crippen LogP contribution is 2.22. The lowest BCUT2D eigenvalue weighted by atomic mass is 9.96. The van der Waals surface area contributed by atoms with Crippen molar-refractivity contribution in [1.29, 1.82) is 0 Å². The smallest absolute Gasteiger partial charge is 0.257 e. The Kier molecular flexibility index (Phi) is 6.57. The second-order valence-corrected chi connectivity index (χ2v) is 6.10. The lowest BCUT2D eigenvalue weighted by Gasteiger charge is -2.32. The number of pyridine rings is 1. The molecule has 6 nitrogen and oxygen atoms in total. The molecule has 2 aromatic heterocycles. The second kappa shape index (κ2) is 8.44. The SMILES string of the molecule is CCNCC1CCN(C(=O)c2cnc3onc(CC)c3c2)CC1.Cl. The summed E-state index contributed by atoms with van der Waals surface area (Å²) in [7, 11) is 0. The molecule has 0 aliphatic carbocycles. The number of halogens is 1. The molecule has 0 bridgehead atoms. The molecule has 24 heavy (non-hydrogen) atoms. The van der Waals surface area contributed by atoms with Crippen LogP contribution in [0, 0.1) is 5.92 Å². The van der Waals surface area contributed by atoms with Gasteiger partial charge in [-0.25, -0.2) is 4.98 Å². The molecule has 0 atom stereocenters. The molecule has 7 heteroatoms. The standard InChI is InChI=1S/C17H24N4O2.ClH/c1-3-15-14-9-13(11-19-16(14)23-20-15)17(22)21-7-5-12(6-8-21)10-18-4-2;/h9,11-12,18H,3-8,10H2,1-2H3;1H. The largest absolute Gasteiger partial charge is 0.339 e. The van der Waals surface area contributed by atoms with Crippen LogP contribution in [-0.2, 0) is 6.42 Å². The zero-order chi connectivity index (χ0) is 16.2. The third-order valence-electron chi connectivity index (χ3n) is 4.57. The van der Waals surface area contributed by atoms with E-state index in [9.17, 15) is 4.79 Å². The first-order valence-electron chi connectivity index (χ1n) is 8.47. The van der Waals surface area contributed by atoms with Crippen LogP contribution < -0.4 is 5.32 Å². The average molecular weight is 353 g/mol. The molecule has 1 aliphatic heterocycles. The number of hydrogen-bond acceptors (Lipinski definition) is 5. The van der Waals surface area contributed by atoms with E-state index >= 15 is 0 Å². The molecule has 132 valence electrons. The predicted octanol–water partition coefficient (Wildman–Crippen LogP) is 2.67. The molecule has 0 aromatic carbocycles. The molecule has 3 heterocycles. The van der Waals surface area contributed by atoms with Gasteiger partial charge in [-0.1, -0.05) is 19.0 Å². The van der Waals surface area contributed by atoms with Gasteiger partial charge in [0.1, 0.15) is 0 Å². The first-order valence-corrected chi connectivity index (χ1v) is 8.47. The van der Waals surface area contributed by atoms with E-state index < -0.39 is 0 Å². The molecule has 1 saturated heterocycles. The third kappa shape index (κ3) is 3.87. The van der Waals surface area contributed by atoms with Crippen LogP contribution in [0.3, 0.4) is 0 Å². The third-order valence-corrected chi connectivity index (χ3v) is 4.57. The Balaban J connectivity index is 0.00000208. The van der Waals surface area contributed by atoms with Gasteiger partial charge in [0.05, 0.1) is 16.6 Å². The maximum Gasteiger partial charge on any atom is 0.257 e. The molecule has 1 amide bonds. The van der Waals surface area contributed by atoms with Gasteiger partial charge in [-0.3, -0.25) is 4.79 Å². The van der Waals surface area contributed by atoms with Crippen LogP contribution in [0.4, 0.5) is 0 Å². The Morgan fingerprint density at radius 2 is 2.12 bits per heavy atom. The summed E-state index contributed by atoms with van der Waals surface area (Å²) in [5, 5.41) is 8.24. The van der Waals surface area contributed by atoms with Crippen LogP contribution in [0.2, 0.25) is 0 Å². The summed E-state index contributed by atoms with van der Waals surface area (Å²) < 4.78 is 5.18. The first kappa shape index (κ1) is 18.7. The minimum Gasteiger partial charge on any atom is -0.339 e. The summed E-state index contributed by atoms with van der Waals surface area (Å²) >= 11 is 0. The van der Waals surface area contributed by atoms with E-state index in [1.54, 1.807) is 6.20 Å². The maximum atomic E-state index is 12.7. The van der Waals surface area contributed by atoms with E-state index in [1.165, 1.54) is 0 Å². The van der Waals surface area contributed by atoms with E-state index in [2.05, 4.69) is 22.4 Å². The van der Waals surface area contributed by atoms with Gasteiger partial charge < -0.3 is 14.7 Å². The van der Waals surface area contributed by atoms with Gasteiger partial charge in [0.2, 0.25) is 0 Å².